The fraction of sp³-hybridized carbons (Fsp3) is 0.545. The van der Waals surface area contributed by atoms with Gasteiger partial charge in [0.1, 0.15) is 5.76 Å². The van der Waals surface area contributed by atoms with Crippen LogP contribution in [0.2, 0.25) is 0 Å². The Bertz CT molecular complexity index is 300. The molecule has 5 heteroatoms. The van der Waals surface area contributed by atoms with Gasteiger partial charge in [0.2, 0.25) is 5.91 Å². The van der Waals surface area contributed by atoms with Crippen molar-refractivity contribution in [3.8, 4) is 0 Å². The normalized spacial score (nSPS) is 12.4. The van der Waals surface area contributed by atoms with E-state index in [9.17, 15) is 4.79 Å². The zero-order chi connectivity index (χ0) is 11.8. The first-order chi connectivity index (χ1) is 7.74. The summed E-state index contributed by atoms with van der Waals surface area (Å²) in [7, 11) is 0. The van der Waals surface area contributed by atoms with Crippen molar-refractivity contribution in [2.45, 2.75) is 19.4 Å². The Morgan fingerprint density at radius 1 is 1.69 bits per heavy atom. The Hall–Kier alpha value is -0.940. The van der Waals surface area contributed by atoms with Gasteiger partial charge in [-0.05, 0) is 31.2 Å². The minimum Gasteiger partial charge on any atom is -0.467 e. The molecule has 1 rings (SSSR count). The highest BCUT2D eigenvalue weighted by Gasteiger charge is 2.11. The second-order valence-corrected chi connectivity index (χ2v) is 4.54. The highest BCUT2D eigenvalue weighted by atomic mass is 32.2. The SMILES string of the molecule is CC(NC(=O)CSCCCO)c1ccco1. The minimum absolute atomic E-state index is 0.00756. The molecule has 0 saturated heterocycles. The molecule has 1 aromatic heterocycles. The first-order valence-corrected chi connectivity index (χ1v) is 6.41. The van der Waals surface area contributed by atoms with Crippen LogP contribution in [0.4, 0.5) is 0 Å². The highest BCUT2D eigenvalue weighted by molar-refractivity contribution is 7.99. The third-order valence-electron chi connectivity index (χ3n) is 2.03. The molecule has 1 amide bonds. The molecule has 0 saturated carbocycles. The number of carbonyl (C=O) groups excluding carboxylic acids is 1. The van der Waals surface area contributed by atoms with E-state index in [1.807, 2.05) is 13.0 Å². The molecule has 0 aromatic carbocycles. The highest BCUT2D eigenvalue weighted by Crippen LogP contribution is 2.12. The monoisotopic (exact) mass is 243 g/mol. The molecule has 90 valence electrons. The summed E-state index contributed by atoms with van der Waals surface area (Å²) < 4.78 is 5.18. The number of thioether (sulfide) groups is 1. The summed E-state index contributed by atoms with van der Waals surface area (Å²) in [6.45, 7) is 2.06. The van der Waals surface area contributed by atoms with Crippen molar-refractivity contribution in [1.29, 1.82) is 0 Å². The maximum absolute atomic E-state index is 11.5. The van der Waals surface area contributed by atoms with Crippen LogP contribution in [0.3, 0.4) is 0 Å². The van der Waals surface area contributed by atoms with Gasteiger partial charge in [0.25, 0.3) is 0 Å². The summed E-state index contributed by atoms with van der Waals surface area (Å²) >= 11 is 1.52. The molecule has 0 radical (unpaired) electrons. The van der Waals surface area contributed by atoms with Crippen LogP contribution in [0.25, 0.3) is 0 Å². The molecule has 1 aromatic rings. The van der Waals surface area contributed by atoms with Crippen molar-refractivity contribution in [1.82, 2.24) is 5.32 Å². The number of nitrogens with one attached hydrogen (secondary N) is 1. The van der Waals surface area contributed by atoms with E-state index in [-0.39, 0.29) is 18.6 Å². The number of rotatable bonds is 7. The Kier molecular flexibility index (Phi) is 6.03. The zero-order valence-corrected chi connectivity index (χ0v) is 10.1. The predicted molar refractivity (Wildman–Crippen MR) is 64.3 cm³/mol. The van der Waals surface area contributed by atoms with Crippen molar-refractivity contribution < 1.29 is 14.3 Å². The lowest BCUT2D eigenvalue weighted by Crippen LogP contribution is -2.28. The van der Waals surface area contributed by atoms with Crippen molar-refractivity contribution in [2.75, 3.05) is 18.1 Å². The van der Waals surface area contributed by atoms with Gasteiger partial charge in [0.15, 0.2) is 0 Å². The van der Waals surface area contributed by atoms with Crippen LogP contribution in [0.1, 0.15) is 25.1 Å². The third-order valence-corrected chi connectivity index (χ3v) is 3.07. The van der Waals surface area contributed by atoms with E-state index in [2.05, 4.69) is 5.32 Å². The second-order valence-electron chi connectivity index (χ2n) is 3.43. The van der Waals surface area contributed by atoms with Gasteiger partial charge in [0.05, 0.1) is 18.1 Å². The molecule has 0 aliphatic carbocycles. The summed E-state index contributed by atoms with van der Waals surface area (Å²) in [4.78, 5) is 11.5. The van der Waals surface area contributed by atoms with E-state index in [1.165, 1.54) is 11.8 Å². The van der Waals surface area contributed by atoms with E-state index in [0.29, 0.717) is 5.75 Å². The summed E-state index contributed by atoms with van der Waals surface area (Å²) in [6.07, 6.45) is 2.32. The Morgan fingerprint density at radius 3 is 3.12 bits per heavy atom. The molecule has 1 atom stereocenters. The fourth-order valence-electron chi connectivity index (χ4n) is 1.22. The Morgan fingerprint density at radius 2 is 2.50 bits per heavy atom. The van der Waals surface area contributed by atoms with Crippen LogP contribution in [0.5, 0.6) is 0 Å². The number of aliphatic hydroxyl groups is 1. The van der Waals surface area contributed by atoms with Crippen LogP contribution >= 0.6 is 11.8 Å². The summed E-state index contributed by atoms with van der Waals surface area (Å²) in [5.41, 5.74) is 0. The quantitative estimate of drug-likeness (QED) is 0.714. The molecule has 0 aliphatic heterocycles. The largest absolute Gasteiger partial charge is 0.467 e. The standard InChI is InChI=1S/C11H17NO3S/c1-9(10-4-2-6-15-10)12-11(14)8-16-7-3-5-13/h2,4,6,9,13H,3,5,7-8H2,1H3,(H,12,14). The van der Waals surface area contributed by atoms with Gasteiger partial charge in [-0.25, -0.2) is 0 Å². The van der Waals surface area contributed by atoms with Crippen molar-refractivity contribution in [2.24, 2.45) is 0 Å². The van der Waals surface area contributed by atoms with Gasteiger partial charge in [-0.1, -0.05) is 0 Å². The molecular formula is C11H17NO3S. The van der Waals surface area contributed by atoms with E-state index < -0.39 is 0 Å². The second kappa shape index (κ2) is 7.35. The lowest BCUT2D eigenvalue weighted by Gasteiger charge is -2.10. The van der Waals surface area contributed by atoms with Crippen LogP contribution in [0.15, 0.2) is 22.8 Å². The third kappa shape index (κ3) is 4.72. The maximum Gasteiger partial charge on any atom is 0.230 e. The van der Waals surface area contributed by atoms with Gasteiger partial charge in [-0.15, -0.1) is 0 Å². The summed E-state index contributed by atoms with van der Waals surface area (Å²) in [5.74, 6) is 1.98. The molecule has 1 unspecified atom stereocenters. The van der Waals surface area contributed by atoms with Crippen LogP contribution in [0, 0.1) is 0 Å². The molecule has 4 nitrogen and oxygen atoms in total. The molecule has 2 N–H and O–H groups in total. The van der Waals surface area contributed by atoms with E-state index in [0.717, 1.165) is 17.9 Å². The first kappa shape index (κ1) is 13.1. The maximum atomic E-state index is 11.5. The van der Waals surface area contributed by atoms with Crippen LogP contribution < -0.4 is 5.32 Å². The molecule has 0 bridgehead atoms. The Balaban J connectivity index is 2.19. The molecule has 0 spiro atoms. The van der Waals surface area contributed by atoms with Crippen LogP contribution in [-0.4, -0.2) is 29.1 Å². The predicted octanol–water partition coefficient (Wildman–Crippen LogP) is 1.57. The molecular weight excluding hydrogens is 226 g/mol. The van der Waals surface area contributed by atoms with Crippen molar-refractivity contribution in [3.63, 3.8) is 0 Å². The average Bonchev–Trinajstić information content (AvgIpc) is 2.77. The number of carbonyl (C=O) groups is 1. The van der Waals surface area contributed by atoms with Gasteiger partial charge in [-0.3, -0.25) is 4.79 Å². The fourth-order valence-corrected chi connectivity index (χ4v) is 1.97. The molecule has 16 heavy (non-hydrogen) atoms. The minimum atomic E-state index is -0.0964. The molecule has 1 heterocycles. The van der Waals surface area contributed by atoms with Crippen molar-refractivity contribution >= 4 is 17.7 Å². The lowest BCUT2D eigenvalue weighted by molar-refractivity contribution is -0.119. The molecule has 0 aliphatic rings. The Labute approximate surface area is 99.4 Å². The smallest absolute Gasteiger partial charge is 0.230 e. The topological polar surface area (TPSA) is 62.5 Å². The van der Waals surface area contributed by atoms with Gasteiger partial charge in [0, 0.05) is 6.61 Å². The summed E-state index contributed by atoms with van der Waals surface area (Å²) in [6, 6.07) is 3.54. The lowest BCUT2D eigenvalue weighted by atomic mass is 10.2. The number of furan rings is 1. The number of hydrogen-bond donors (Lipinski definition) is 2. The molecule has 0 fully saturated rings. The van der Waals surface area contributed by atoms with E-state index >= 15 is 0 Å². The van der Waals surface area contributed by atoms with E-state index in [4.69, 9.17) is 9.52 Å². The summed E-state index contributed by atoms with van der Waals surface area (Å²) in [5, 5.41) is 11.4. The van der Waals surface area contributed by atoms with E-state index in [1.54, 1.807) is 12.3 Å². The number of aliphatic hydroxyl groups excluding tert-OH is 1. The first-order valence-electron chi connectivity index (χ1n) is 5.25. The van der Waals surface area contributed by atoms with Gasteiger partial charge < -0.3 is 14.8 Å². The van der Waals surface area contributed by atoms with Gasteiger partial charge >= 0.3 is 0 Å². The number of amides is 1. The van der Waals surface area contributed by atoms with Crippen molar-refractivity contribution in [3.05, 3.63) is 24.2 Å². The average molecular weight is 243 g/mol. The van der Waals surface area contributed by atoms with Crippen LogP contribution in [-0.2, 0) is 4.79 Å². The number of hydrogen-bond acceptors (Lipinski definition) is 4. The van der Waals surface area contributed by atoms with Gasteiger partial charge in [-0.2, -0.15) is 11.8 Å². The zero-order valence-electron chi connectivity index (χ0n) is 9.31.